The Morgan fingerprint density at radius 2 is 1.81 bits per heavy atom. The van der Waals surface area contributed by atoms with Gasteiger partial charge in [0, 0.05) is 53.5 Å². The van der Waals surface area contributed by atoms with Gasteiger partial charge < -0.3 is 10.2 Å². The van der Waals surface area contributed by atoms with E-state index < -0.39 is 17.4 Å². The fourth-order valence-corrected chi connectivity index (χ4v) is 5.31. The molecule has 8 heteroatoms. The monoisotopic (exact) mass is 453 g/mol. The Morgan fingerprint density at radius 1 is 1.07 bits per heavy atom. The molecule has 2 aromatic carbocycles. The van der Waals surface area contributed by atoms with Crippen LogP contribution >= 0.6 is 15.9 Å². The normalized spacial score (nSPS) is 16.2. The lowest BCUT2D eigenvalue weighted by Crippen LogP contribution is -2.43. The van der Waals surface area contributed by atoms with Crippen LogP contribution in [0.5, 0.6) is 0 Å². The Bertz CT molecular complexity index is 1000. The van der Waals surface area contributed by atoms with E-state index in [1.54, 1.807) is 24.3 Å². The lowest BCUT2D eigenvalue weighted by atomic mass is 10.1. The molecule has 3 aromatic rings. The molecule has 4 nitrogen and oxygen atoms in total. The molecule has 0 amide bonds. The molecule has 1 aliphatic heterocycles. The third-order valence-corrected chi connectivity index (χ3v) is 7.04. The molecule has 0 aliphatic carbocycles. The molecule has 0 bridgehead atoms. The molecule has 1 atom stereocenters. The van der Waals surface area contributed by atoms with Gasteiger partial charge in [-0.05, 0) is 40.2 Å². The number of nitrogens with zero attached hydrogens (tertiary/aromatic N) is 2. The minimum absolute atomic E-state index is 0.0838. The topological polar surface area (TPSA) is 37.3 Å². The lowest BCUT2D eigenvalue weighted by molar-refractivity contribution is 0.153. The van der Waals surface area contributed by atoms with Crippen LogP contribution in [0.25, 0.3) is 10.9 Å². The maximum absolute atomic E-state index is 13.9. The van der Waals surface area contributed by atoms with Gasteiger partial charge in [-0.25, -0.2) is 13.0 Å². The third-order valence-electron chi connectivity index (χ3n) is 4.70. The number of aromatic nitrogens is 1. The molecule has 0 saturated carbocycles. The van der Waals surface area contributed by atoms with E-state index in [9.17, 15) is 13.0 Å². The molecule has 1 aromatic heterocycles. The van der Waals surface area contributed by atoms with Crippen molar-refractivity contribution in [2.75, 3.05) is 31.1 Å². The number of piperazine rings is 1. The predicted octanol–water partition coefficient (Wildman–Crippen LogP) is 4.32. The molecule has 0 spiro atoms. The zero-order valence-corrected chi connectivity index (χ0v) is 16.8. The van der Waals surface area contributed by atoms with Crippen molar-refractivity contribution < 1.29 is 13.0 Å². The predicted molar refractivity (Wildman–Crippen MR) is 108 cm³/mol. The van der Waals surface area contributed by atoms with Gasteiger partial charge in [-0.1, -0.05) is 18.2 Å². The SMILES string of the molecule is O=S(c1ccccc1Br)n1cc(C(F)F)c2c(N3CCNCC3)cccc21. The number of nitrogens with one attached hydrogen (secondary N) is 1. The summed E-state index contributed by atoms with van der Waals surface area (Å²) < 4.78 is 43.0. The van der Waals surface area contributed by atoms with Gasteiger partial charge in [-0.2, -0.15) is 0 Å². The van der Waals surface area contributed by atoms with E-state index in [1.807, 2.05) is 18.2 Å². The molecular formula is C19H18BrF2N3OS. The number of rotatable bonds is 4. The first-order valence-electron chi connectivity index (χ1n) is 8.62. The van der Waals surface area contributed by atoms with Gasteiger partial charge in [0.15, 0.2) is 11.0 Å². The molecule has 142 valence electrons. The van der Waals surface area contributed by atoms with Gasteiger partial charge in [0.05, 0.1) is 10.4 Å². The number of benzene rings is 2. The van der Waals surface area contributed by atoms with E-state index in [2.05, 4.69) is 26.1 Å². The summed E-state index contributed by atoms with van der Waals surface area (Å²) in [5.74, 6) is 0. The molecule has 27 heavy (non-hydrogen) atoms. The summed E-state index contributed by atoms with van der Waals surface area (Å²) >= 11 is 3.40. The van der Waals surface area contributed by atoms with Crippen molar-refractivity contribution in [3.8, 4) is 0 Å². The quantitative estimate of drug-likeness (QED) is 0.638. The first-order chi connectivity index (χ1) is 13.1. The van der Waals surface area contributed by atoms with E-state index in [0.717, 1.165) is 31.9 Å². The number of fused-ring (bicyclic) bond motifs is 1. The van der Waals surface area contributed by atoms with Crippen molar-refractivity contribution in [3.63, 3.8) is 0 Å². The largest absolute Gasteiger partial charge is 0.368 e. The highest BCUT2D eigenvalue weighted by molar-refractivity contribution is 9.10. The Kier molecular flexibility index (Phi) is 5.29. The van der Waals surface area contributed by atoms with Gasteiger partial charge in [0.1, 0.15) is 0 Å². The summed E-state index contributed by atoms with van der Waals surface area (Å²) in [6.45, 7) is 3.12. The summed E-state index contributed by atoms with van der Waals surface area (Å²) in [7, 11) is -1.64. The molecular weight excluding hydrogens is 436 g/mol. The van der Waals surface area contributed by atoms with Gasteiger partial charge in [0.2, 0.25) is 0 Å². The number of hydrogen-bond donors (Lipinski definition) is 1. The number of hydrogen-bond acceptors (Lipinski definition) is 3. The summed E-state index contributed by atoms with van der Waals surface area (Å²) in [5.41, 5.74) is 1.24. The first-order valence-corrected chi connectivity index (χ1v) is 10.5. The molecule has 1 unspecified atom stereocenters. The maximum Gasteiger partial charge on any atom is 0.266 e. The van der Waals surface area contributed by atoms with Crippen molar-refractivity contribution in [2.45, 2.75) is 11.3 Å². The van der Waals surface area contributed by atoms with Gasteiger partial charge >= 0.3 is 0 Å². The minimum Gasteiger partial charge on any atom is -0.368 e. The van der Waals surface area contributed by atoms with Gasteiger partial charge in [-0.15, -0.1) is 0 Å². The minimum atomic E-state index is -2.64. The van der Waals surface area contributed by atoms with Crippen LogP contribution < -0.4 is 10.2 Å². The average Bonchev–Trinajstić information content (AvgIpc) is 3.09. The molecule has 4 rings (SSSR count). The maximum atomic E-state index is 13.9. The zero-order valence-electron chi connectivity index (χ0n) is 14.4. The van der Waals surface area contributed by atoms with Crippen LogP contribution in [0, 0.1) is 0 Å². The van der Waals surface area contributed by atoms with Crippen LogP contribution in [0.15, 0.2) is 58.0 Å². The highest BCUT2D eigenvalue weighted by atomic mass is 79.9. The Hall–Kier alpha value is -1.77. The molecule has 0 radical (unpaired) electrons. The second-order valence-corrected chi connectivity index (χ2v) is 8.48. The highest BCUT2D eigenvalue weighted by Gasteiger charge is 2.24. The summed E-state index contributed by atoms with van der Waals surface area (Å²) in [6.07, 6.45) is -1.31. The van der Waals surface area contributed by atoms with Crippen LogP contribution in [0.1, 0.15) is 12.0 Å². The number of alkyl halides is 2. The fraction of sp³-hybridized carbons (Fsp3) is 0.263. The lowest BCUT2D eigenvalue weighted by Gasteiger charge is -2.30. The van der Waals surface area contributed by atoms with Crippen LogP contribution in [0.2, 0.25) is 0 Å². The summed E-state index contributed by atoms with van der Waals surface area (Å²) in [6, 6.07) is 12.6. The molecule has 2 heterocycles. The van der Waals surface area contributed by atoms with Crippen molar-refractivity contribution >= 4 is 43.5 Å². The smallest absolute Gasteiger partial charge is 0.266 e. The van der Waals surface area contributed by atoms with Crippen molar-refractivity contribution in [1.29, 1.82) is 0 Å². The van der Waals surface area contributed by atoms with Crippen LogP contribution in [0.3, 0.4) is 0 Å². The fourth-order valence-electron chi connectivity index (χ4n) is 3.43. The highest BCUT2D eigenvalue weighted by Crippen LogP contribution is 2.38. The van der Waals surface area contributed by atoms with Gasteiger partial charge in [-0.3, -0.25) is 3.97 Å². The molecule has 1 saturated heterocycles. The Balaban J connectivity index is 1.90. The number of anilines is 1. The van der Waals surface area contributed by atoms with Crippen LogP contribution in [-0.4, -0.2) is 34.4 Å². The van der Waals surface area contributed by atoms with Crippen LogP contribution in [0.4, 0.5) is 14.5 Å². The van der Waals surface area contributed by atoms with Gasteiger partial charge in [0.25, 0.3) is 6.43 Å². The second-order valence-electron chi connectivity index (χ2n) is 6.30. The standard InChI is InChI=1S/C19H18BrF2N3OS/c20-14-4-1-2-7-17(14)27(26)25-12-13(19(21)22)18-15(5-3-6-16(18)25)24-10-8-23-9-11-24/h1-7,12,19,23H,8-11H2. The zero-order chi connectivity index (χ0) is 19.0. The third kappa shape index (κ3) is 3.41. The van der Waals surface area contributed by atoms with E-state index in [1.165, 1.54) is 10.2 Å². The first kappa shape index (κ1) is 18.6. The summed E-state index contributed by atoms with van der Waals surface area (Å²) in [4.78, 5) is 2.65. The Labute approximate surface area is 166 Å². The number of halogens is 3. The van der Waals surface area contributed by atoms with Crippen molar-refractivity contribution in [3.05, 3.63) is 58.7 Å². The van der Waals surface area contributed by atoms with Crippen LogP contribution in [-0.2, 0) is 11.0 Å². The van der Waals surface area contributed by atoms with E-state index >= 15 is 0 Å². The molecule has 1 fully saturated rings. The second kappa shape index (κ2) is 7.69. The Morgan fingerprint density at radius 3 is 2.52 bits per heavy atom. The van der Waals surface area contributed by atoms with E-state index in [0.29, 0.717) is 20.3 Å². The van der Waals surface area contributed by atoms with E-state index in [4.69, 9.17) is 0 Å². The molecule has 1 aliphatic rings. The molecule has 1 N–H and O–H groups in total. The average molecular weight is 454 g/mol. The van der Waals surface area contributed by atoms with Crippen molar-refractivity contribution in [1.82, 2.24) is 9.29 Å². The van der Waals surface area contributed by atoms with E-state index in [-0.39, 0.29) is 5.56 Å². The van der Waals surface area contributed by atoms with Crippen molar-refractivity contribution in [2.24, 2.45) is 0 Å². The summed E-state index contributed by atoms with van der Waals surface area (Å²) in [5, 5.41) is 3.75.